The van der Waals surface area contributed by atoms with Crippen LogP contribution in [0.5, 0.6) is 5.88 Å². The molecule has 0 fully saturated rings. The molecule has 3 N–H and O–H groups in total. The Hall–Kier alpha value is -3.94. The van der Waals surface area contributed by atoms with Crippen LogP contribution in [0, 0.1) is 6.92 Å². The van der Waals surface area contributed by atoms with Crippen molar-refractivity contribution >= 4 is 12.1 Å². The Bertz CT molecular complexity index is 1130. The molecular weight excluding hydrogens is 348 g/mol. The quantitative estimate of drug-likeness (QED) is 0.478. The number of hydrogen-bond donors (Lipinski definition) is 3. The molecule has 0 spiro atoms. The summed E-state index contributed by atoms with van der Waals surface area (Å²) in [7, 11) is 0. The molecule has 27 heavy (non-hydrogen) atoms. The van der Waals surface area contributed by atoms with E-state index in [0.29, 0.717) is 11.3 Å². The summed E-state index contributed by atoms with van der Waals surface area (Å²) in [6.45, 7) is 1.83. The van der Waals surface area contributed by atoms with E-state index in [9.17, 15) is 19.5 Å². The third-order valence-corrected chi connectivity index (χ3v) is 3.78. The first kappa shape index (κ1) is 17.9. The number of amides is 1. The van der Waals surface area contributed by atoms with Gasteiger partial charge in [0.05, 0.1) is 11.9 Å². The fourth-order valence-corrected chi connectivity index (χ4v) is 2.47. The van der Waals surface area contributed by atoms with Crippen molar-refractivity contribution in [1.82, 2.24) is 15.0 Å². The number of carbonyl (C=O) groups is 1. The molecule has 0 radical (unpaired) electrons. The van der Waals surface area contributed by atoms with E-state index in [1.165, 1.54) is 0 Å². The lowest BCUT2D eigenvalue weighted by atomic mass is 10.2. The van der Waals surface area contributed by atoms with Gasteiger partial charge in [-0.15, -0.1) is 0 Å². The maximum atomic E-state index is 12.1. The van der Waals surface area contributed by atoms with Gasteiger partial charge in [0.2, 0.25) is 5.88 Å². The Morgan fingerprint density at radius 3 is 2.59 bits per heavy atom. The van der Waals surface area contributed by atoms with E-state index in [1.807, 2.05) is 13.0 Å². The number of nitrogens with zero attached hydrogens (tertiary/aromatic N) is 2. The molecule has 1 amide bonds. The number of aryl methyl sites for hydroxylation is 1. The molecule has 0 atom stereocenters. The number of nitrogens with one attached hydrogen (secondary N) is 2. The van der Waals surface area contributed by atoms with Crippen LogP contribution in [0.3, 0.4) is 0 Å². The van der Waals surface area contributed by atoms with E-state index in [0.717, 1.165) is 16.3 Å². The molecule has 3 rings (SSSR count). The highest BCUT2D eigenvalue weighted by atomic mass is 16.3. The molecule has 0 aliphatic rings. The van der Waals surface area contributed by atoms with E-state index < -0.39 is 23.0 Å². The van der Waals surface area contributed by atoms with Gasteiger partial charge in [0.15, 0.2) is 0 Å². The Morgan fingerprint density at radius 1 is 1.15 bits per heavy atom. The number of H-pyrrole nitrogens is 1. The van der Waals surface area contributed by atoms with Gasteiger partial charge in [0, 0.05) is 5.56 Å². The van der Waals surface area contributed by atoms with Crippen molar-refractivity contribution in [2.45, 2.75) is 6.92 Å². The van der Waals surface area contributed by atoms with Crippen molar-refractivity contribution in [3.8, 4) is 11.6 Å². The summed E-state index contributed by atoms with van der Waals surface area (Å²) in [5.74, 6) is -1.05. The summed E-state index contributed by atoms with van der Waals surface area (Å²) in [4.78, 5) is 38.2. The van der Waals surface area contributed by atoms with Crippen molar-refractivity contribution in [3.05, 3.63) is 92.1 Å². The lowest BCUT2D eigenvalue weighted by molar-refractivity contribution is 0.0955. The van der Waals surface area contributed by atoms with Crippen LogP contribution in [-0.4, -0.2) is 26.8 Å². The molecule has 0 aliphatic heterocycles. The lowest BCUT2D eigenvalue weighted by Gasteiger charge is -2.10. The summed E-state index contributed by atoms with van der Waals surface area (Å²) < 4.78 is 0.953. The van der Waals surface area contributed by atoms with Crippen LogP contribution in [0.25, 0.3) is 5.69 Å². The molecule has 3 aromatic rings. The number of benzene rings is 2. The molecule has 8 heteroatoms. The fraction of sp³-hybridized carbons (Fsp3) is 0.0526. The number of carbonyl (C=O) groups excluding carboxylic acids is 1. The van der Waals surface area contributed by atoms with Crippen LogP contribution < -0.4 is 16.7 Å². The first-order valence-electron chi connectivity index (χ1n) is 8.01. The van der Waals surface area contributed by atoms with Crippen LogP contribution in [0.2, 0.25) is 0 Å². The van der Waals surface area contributed by atoms with Crippen LogP contribution in [0.1, 0.15) is 21.5 Å². The molecule has 136 valence electrons. The van der Waals surface area contributed by atoms with Crippen molar-refractivity contribution in [3.63, 3.8) is 0 Å². The molecule has 1 aromatic heterocycles. The molecular formula is C19H16N4O4. The molecule has 2 aromatic carbocycles. The van der Waals surface area contributed by atoms with E-state index >= 15 is 0 Å². The van der Waals surface area contributed by atoms with Gasteiger partial charge in [-0.3, -0.25) is 14.6 Å². The molecule has 0 aliphatic carbocycles. The van der Waals surface area contributed by atoms with Crippen LogP contribution in [-0.2, 0) is 0 Å². The van der Waals surface area contributed by atoms with Gasteiger partial charge in [-0.2, -0.15) is 5.10 Å². The van der Waals surface area contributed by atoms with E-state index in [4.69, 9.17) is 0 Å². The average molecular weight is 364 g/mol. The van der Waals surface area contributed by atoms with Crippen molar-refractivity contribution < 1.29 is 9.90 Å². The molecule has 0 saturated carbocycles. The second-order valence-electron chi connectivity index (χ2n) is 5.74. The molecule has 0 saturated heterocycles. The first-order valence-corrected chi connectivity index (χ1v) is 8.01. The Balaban J connectivity index is 1.94. The Morgan fingerprint density at radius 2 is 1.89 bits per heavy atom. The second kappa shape index (κ2) is 7.52. The van der Waals surface area contributed by atoms with Crippen LogP contribution in [0.15, 0.2) is 69.3 Å². The highest BCUT2D eigenvalue weighted by Gasteiger charge is 2.14. The van der Waals surface area contributed by atoms with Crippen molar-refractivity contribution in [2.24, 2.45) is 5.10 Å². The van der Waals surface area contributed by atoms with Crippen LogP contribution >= 0.6 is 0 Å². The zero-order valence-corrected chi connectivity index (χ0v) is 14.3. The summed E-state index contributed by atoms with van der Waals surface area (Å²) in [5, 5.41) is 14.1. The molecule has 1 heterocycles. The van der Waals surface area contributed by atoms with Gasteiger partial charge in [0.1, 0.15) is 5.56 Å². The van der Waals surface area contributed by atoms with Crippen molar-refractivity contribution in [2.75, 3.05) is 0 Å². The third kappa shape index (κ3) is 3.84. The average Bonchev–Trinajstić information content (AvgIpc) is 2.65. The number of aromatic nitrogens is 2. The maximum Gasteiger partial charge on any atom is 0.335 e. The van der Waals surface area contributed by atoms with Gasteiger partial charge >= 0.3 is 5.69 Å². The van der Waals surface area contributed by atoms with E-state index in [2.05, 4.69) is 15.5 Å². The number of hydrogen-bond acceptors (Lipinski definition) is 5. The molecule has 0 bridgehead atoms. The second-order valence-corrected chi connectivity index (χ2v) is 5.74. The number of aromatic amines is 1. The number of rotatable bonds is 4. The van der Waals surface area contributed by atoms with Crippen molar-refractivity contribution in [1.29, 1.82) is 0 Å². The van der Waals surface area contributed by atoms with E-state index in [-0.39, 0.29) is 5.56 Å². The topological polar surface area (TPSA) is 117 Å². The SMILES string of the molecule is Cc1cccc(-n2c(O)c(/C=N/NC(=O)c3ccccc3)c(=O)[nH]c2=O)c1. The van der Waals surface area contributed by atoms with Gasteiger partial charge < -0.3 is 5.11 Å². The highest BCUT2D eigenvalue weighted by molar-refractivity contribution is 5.94. The Kier molecular flexibility index (Phi) is 4.98. The summed E-state index contributed by atoms with van der Waals surface area (Å²) in [5.41, 5.74) is 2.04. The standard InChI is InChI=1S/C19H16N4O4/c1-12-6-5-9-14(10-12)23-18(26)15(17(25)21-19(23)27)11-20-22-16(24)13-7-3-2-4-8-13/h2-11,26H,1H3,(H,22,24)(H,21,25,27)/b20-11+. The lowest BCUT2D eigenvalue weighted by Crippen LogP contribution is -2.31. The number of hydrazone groups is 1. The van der Waals surface area contributed by atoms with Gasteiger partial charge in [0.25, 0.3) is 11.5 Å². The minimum absolute atomic E-state index is 0.260. The highest BCUT2D eigenvalue weighted by Crippen LogP contribution is 2.16. The Labute approximate surface area is 153 Å². The fourth-order valence-electron chi connectivity index (χ4n) is 2.47. The first-order chi connectivity index (χ1) is 13.0. The van der Waals surface area contributed by atoms with Crippen LogP contribution in [0.4, 0.5) is 0 Å². The summed E-state index contributed by atoms with van der Waals surface area (Å²) in [6, 6.07) is 15.2. The van der Waals surface area contributed by atoms with Gasteiger partial charge in [-0.05, 0) is 36.8 Å². The van der Waals surface area contributed by atoms with Gasteiger partial charge in [-0.25, -0.2) is 14.8 Å². The van der Waals surface area contributed by atoms with Gasteiger partial charge in [-0.1, -0.05) is 30.3 Å². The predicted molar refractivity (Wildman–Crippen MR) is 101 cm³/mol. The minimum atomic E-state index is -0.820. The smallest absolute Gasteiger partial charge is 0.335 e. The predicted octanol–water partition coefficient (Wildman–Crippen LogP) is 1.30. The monoisotopic (exact) mass is 364 g/mol. The third-order valence-electron chi connectivity index (χ3n) is 3.78. The summed E-state index contributed by atoms with van der Waals surface area (Å²) >= 11 is 0. The zero-order valence-electron chi connectivity index (χ0n) is 14.3. The minimum Gasteiger partial charge on any atom is -0.493 e. The number of aromatic hydroxyl groups is 1. The zero-order chi connectivity index (χ0) is 19.4. The molecule has 8 nitrogen and oxygen atoms in total. The maximum absolute atomic E-state index is 12.1. The largest absolute Gasteiger partial charge is 0.493 e. The van der Waals surface area contributed by atoms with E-state index in [1.54, 1.807) is 48.5 Å². The normalized spacial score (nSPS) is 10.9. The molecule has 0 unspecified atom stereocenters. The summed E-state index contributed by atoms with van der Waals surface area (Å²) in [6.07, 6.45) is 0.987.